The highest BCUT2D eigenvalue weighted by Crippen LogP contribution is 2.27. The van der Waals surface area contributed by atoms with Crippen LogP contribution in [0, 0.1) is 0 Å². The van der Waals surface area contributed by atoms with E-state index >= 15 is 0 Å². The number of rotatable bonds is 5. The van der Waals surface area contributed by atoms with Gasteiger partial charge in [-0.1, -0.05) is 30.3 Å². The summed E-state index contributed by atoms with van der Waals surface area (Å²) in [4.78, 5) is 14.1. The molecule has 1 heterocycles. The van der Waals surface area contributed by atoms with E-state index in [1.165, 1.54) is 0 Å². The van der Waals surface area contributed by atoms with Gasteiger partial charge in [0.25, 0.3) is 0 Å². The summed E-state index contributed by atoms with van der Waals surface area (Å²) in [5.74, 6) is 0. The van der Waals surface area contributed by atoms with Crippen LogP contribution in [0.1, 0.15) is 38.2 Å². The van der Waals surface area contributed by atoms with Crippen LogP contribution in [0.5, 0.6) is 0 Å². The van der Waals surface area contributed by atoms with Crippen molar-refractivity contribution in [1.29, 1.82) is 0 Å². The molecule has 0 aromatic heterocycles. The van der Waals surface area contributed by atoms with Crippen LogP contribution in [0.3, 0.4) is 0 Å². The highest BCUT2D eigenvalue weighted by Gasteiger charge is 2.34. The summed E-state index contributed by atoms with van der Waals surface area (Å²) in [6.45, 7) is 2.55. The molecular weight excluding hydrogens is 254 g/mol. The zero-order chi connectivity index (χ0) is 14.4. The van der Waals surface area contributed by atoms with E-state index in [2.05, 4.69) is 6.92 Å². The number of amides is 1. The van der Waals surface area contributed by atoms with Crippen molar-refractivity contribution < 1.29 is 14.6 Å². The number of ether oxygens (including phenoxy) is 1. The van der Waals surface area contributed by atoms with Crippen molar-refractivity contribution in [3.8, 4) is 0 Å². The van der Waals surface area contributed by atoms with Crippen molar-refractivity contribution in [1.82, 2.24) is 4.90 Å². The molecule has 0 bridgehead atoms. The van der Waals surface area contributed by atoms with Crippen LogP contribution in [-0.4, -0.2) is 34.8 Å². The Bertz CT molecular complexity index is 421. The van der Waals surface area contributed by atoms with Gasteiger partial charge >= 0.3 is 6.09 Å². The Balaban J connectivity index is 1.89. The van der Waals surface area contributed by atoms with Crippen molar-refractivity contribution in [2.24, 2.45) is 0 Å². The molecule has 0 aliphatic carbocycles. The summed E-state index contributed by atoms with van der Waals surface area (Å²) >= 11 is 0. The average Bonchev–Trinajstić information content (AvgIpc) is 2.84. The monoisotopic (exact) mass is 277 g/mol. The SMILES string of the molecule is C[C@@H]1CC[C@@H](CCCO)N1C(=O)OCc1ccccc1. The van der Waals surface area contributed by atoms with Crippen LogP contribution >= 0.6 is 0 Å². The van der Waals surface area contributed by atoms with E-state index in [0.29, 0.717) is 6.61 Å². The van der Waals surface area contributed by atoms with Crippen LogP contribution in [-0.2, 0) is 11.3 Å². The molecule has 4 nitrogen and oxygen atoms in total. The van der Waals surface area contributed by atoms with E-state index in [0.717, 1.165) is 31.2 Å². The summed E-state index contributed by atoms with van der Waals surface area (Å²) in [5.41, 5.74) is 1.000. The maximum atomic E-state index is 12.2. The number of carbonyl (C=O) groups is 1. The quantitative estimate of drug-likeness (QED) is 0.900. The van der Waals surface area contributed by atoms with E-state index in [1.807, 2.05) is 35.2 Å². The van der Waals surface area contributed by atoms with E-state index < -0.39 is 0 Å². The standard InChI is InChI=1S/C16H23NO3/c1-13-9-10-15(8-5-11-18)17(13)16(19)20-12-14-6-3-2-4-7-14/h2-4,6-7,13,15,18H,5,8-12H2,1H3/t13-,15-/m1/s1. The molecule has 1 amide bonds. The maximum absolute atomic E-state index is 12.2. The Morgan fingerprint density at radius 3 is 2.80 bits per heavy atom. The first-order chi connectivity index (χ1) is 9.72. The van der Waals surface area contributed by atoms with Crippen molar-refractivity contribution >= 4 is 6.09 Å². The molecule has 1 fully saturated rings. The smallest absolute Gasteiger partial charge is 0.410 e. The van der Waals surface area contributed by atoms with Gasteiger partial charge in [0.05, 0.1) is 0 Å². The van der Waals surface area contributed by atoms with Crippen LogP contribution in [0.4, 0.5) is 4.79 Å². The van der Waals surface area contributed by atoms with Gasteiger partial charge in [0.1, 0.15) is 6.61 Å². The Morgan fingerprint density at radius 2 is 2.10 bits per heavy atom. The molecule has 1 aliphatic heterocycles. The summed E-state index contributed by atoms with van der Waals surface area (Å²) in [5, 5.41) is 8.93. The molecule has 1 N–H and O–H groups in total. The zero-order valence-electron chi connectivity index (χ0n) is 12.0. The molecule has 1 saturated heterocycles. The molecule has 0 saturated carbocycles. The fourth-order valence-electron chi connectivity index (χ4n) is 2.80. The number of likely N-dealkylation sites (tertiary alicyclic amines) is 1. The highest BCUT2D eigenvalue weighted by atomic mass is 16.6. The molecular formula is C16H23NO3. The van der Waals surface area contributed by atoms with Crippen LogP contribution in [0.15, 0.2) is 30.3 Å². The van der Waals surface area contributed by atoms with E-state index in [-0.39, 0.29) is 24.8 Å². The predicted molar refractivity (Wildman–Crippen MR) is 77.3 cm³/mol. The van der Waals surface area contributed by atoms with Gasteiger partial charge in [-0.05, 0) is 38.2 Å². The van der Waals surface area contributed by atoms with Crippen molar-refractivity contribution in [3.05, 3.63) is 35.9 Å². The zero-order valence-corrected chi connectivity index (χ0v) is 12.0. The third-order valence-corrected chi connectivity index (χ3v) is 3.90. The molecule has 2 atom stereocenters. The fourth-order valence-corrected chi connectivity index (χ4v) is 2.80. The number of aliphatic hydroxyl groups is 1. The third-order valence-electron chi connectivity index (χ3n) is 3.90. The largest absolute Gasteiger partial charge is 0.445 e. The van der Waals surface area contributed by atoms with Gasteiger partial charge < -0.3 is 14.7 Å². The minimum absolute atomic E-state index is 0.178. The van der Waals surface area contributed by atoms with Gasteiger partial charge in [-0.2, -0.15) is 0 Å². The second-order valence-corrected chi connectivity index (χ2v) is 5.39. The first kappa shape index (κ1) is 14.9. The number of aliphatic hydroxyl groups excluding tert-OH is 1. The topological polar surface area (TPSA) is 49.8 Å². The number of carbonyl (C=O) groups excluding carboxylic acids is 1. The lowest BCUT2D eigenvalue weighted by molar-refractivity contribution is 0.0779. The minimum Gasteiger partial charge on any atom is -0.445 e. The van der Waals surface area contributed by atoms with Gasteiger partial charge in [-0.3, -0.25) is 0 Å². The van der Waals surface area contributed by atoms with Gasteiger partial charge in [0, 0.05) is 18.7 Å². The highest BCUT2D eigenvalue weighted by molar-refractivity contribution is 5.69. The van der Waals surface area contributed by atoms with E-state index in [4.69, 9.17) is 9.84 Å². The van der Waals surface area contributed by atoms with Crippen molar-refractivity contribution in [2.75, 3.05) is 6.61 Å². The normalized spacial score (nSPS) is 22.0. The molecule has 20 heavy (non-hydrogen) atoms. The van der Waals surface area contributed by atoms with E-state index in [9.17, 15) is 4.79 Å². The van der Waals surface area contributed by atoms with Crippen molar-refractivity contribution in [2.45, 2.75) is 51.3 Å². The average molecular weight is 277 g/mol. The Labute approximate surface area is 120 Å². The summed E-state index contributed by atoms with van der Waals surface area (Å²) < 4.78 is 5.42. The first-order valence-electron chi connectivity index (χ1n) is 7.32. The third kappa shape index (κ3) is 3.73. The molecule has 0 radical (unpaired) electrons. The molecule has 1 aromatic carbocycles. The lowest BCUT2D eigenvalue weighted by Gasteiger charge is -2.27. The Morgan fingerprint density at radius 1 is 1.35 bits per heavy atom. The lowest BCUT2D eigenvalue weighted by Crippen LogP contribution is -2.40. The van der Waals surface area contributed by atoms with Gasteiger partial charge in [-0.15, -0.1) is 0 Å². The maximum Gasteiger partial charge on any atom is 0.410 e. The second-order valence-electron chi connectivity index (χ2n) is 5.39. The Kier molecular flexibility index (Phi) is 5.41. The van der Waals surface area contributed by atoms with Crippen LogP contribution < -0.4 is 0 Å². The summed E-state index contributed by atoms with van der Waals surface area (Å²) in [6, 6.07) is 10.1. The molecule has 1 aliphatic rings. The first-order valence-corrected chi connectivity index (χ1v) is 7.32. The Hall–Kier alpha value is -1.55. The fraction of sp³-hybridized carbons (Fsp3) is 0.562. The number of hydrogen-bond acceptors (Lipinski definition) is 3. The lowest BCUT2D eigenvalue weighted by atomic mass is 10.1. The predicted octanol–water partition coefficient (Wildman–Crippen LogP) is 2.95. The summed E-state index contributed by atoms with van der Waals surface area (Å²) in [7, 11) is 0. The molecule has 1 aromatic rings. The van der Waals surface area contributed by atoms with Gasteiger partial charge in [0.15, 0.2) is 0 Å². The van der Waals surface area contributed by atoms with Gasteiger partial charge in [-0.25, -0.2) is 4.79 Å². The van der Waals surface area contributed by atoms with E-state index in [1.54, 1.807) is 0 Å². The van der Waals surface area contributed by atoms with Crippen molar-refractivity contribution in [3.63, 3.8) is 0 Å². The molecule has 0 unspecified atom stereocenters. The number of benzene rings is 1. The minimum atomic E-state index is -0.234. The van der Waals surface area contributed by atoms with Crippen LogP contribution in [0.25, 0.3) is 0 Å². The molecule has 4 heteroatoms. The number of hydrogen-bond donors (Lipinski definition) is 1. The summed E-state index contributed by atoms with van der Waals surface area (Å²) in [6.07, 6.45) is 3.36. The number of nitrogens with zero attached hydrogens (tertiary/aromatic N) is 1. The van der Waals surface area contributed by atoms with Gasteiger partial charge in [0.2, 0.25) is 0 Å². The second kappa shape index (κ2) is 7.29. The molecule has 110 valence electrons. The molecule has 2 rings (SSSR count). The molecule has 0 spiro atoms. The van der Waals surface area contributed by atoms with Crippen LogP contribution in [0.2, 0.25) is 0 Å².